The molecule has 0 aliphatic carbocycles. The maximum atomic E-state index is 13.6. The molecule has 4 aromatic rings. The van der Waals surface area contributed by atoms with Gasteiger partial charge < -0.3 is 20.9 Å². The molecule has 0 bridgehead atoms. The summed E-state index contributed by atoms with van der Waals surface area (Å²) in [6.45, 7) is -1.03. The number of hydrogen-bond donors (Lipinski definition) is 3. The monoisotopic (exact) mass is 645 g/mol. The molecular formula is C32H25F6N3O5. The van der Waals surface area contributed by atoms with Gasteiger partial charge in [-0.3, -0.25) is 14.5 Å². The number of nitrogen functional groups attached to an aromatic ring is 1. The van der Waals surface area contributed by atoms with E-state index >= 15 is 0 Å². The molecule has 0 fully saturated rings. The molecule has 2 amide bonds. The van der Waals surface area contributed by atoms with Gasteiger partial charge in [0.15, 0.2) is 0 Å². The number of carboxylic acid groups (broad SMARTS) is 1. The maximum Gasteiger partial charge on any atom is 0.420 e. The highest BCUT2D eigenvalue weighted by Crippen LogP contribution is 2.37. The number of carboxylic acids is 1. The van der Waals surface area contributed by atoms with Crippen LogP contribution in [0.5, 0.6) is 5.75 Å². The molecular weight excluding hydrogens is 620 g/mol. The Morgan fingerprint density at radius 1 is 0.783 bits per heavy atom. The number of halogens is 6. The van der Waals surface area contributed by atoms with Crippen LogP contribution < -0.4 is 20.7 Å². The van der Waals surface area contributed by atoms with Crippen LogP contribution in [0.3, 0.4) is 0 Å². The van der Waals surface area contributed by atoms with E-state index in [4.69, 9.17) is 15.6 Å². The van der Waals surface area contributed by atoms with Crippen LogP contribution in [0.1, 0.15) is 33.5 Å². The van der Waals surface area contributed by atoms with E-state index in [-0.39, 0.29) is 36.0 Å². The first-order valence-electron chi connectivity index (χ1n) is 13.4. The first-order valence-corrected chi connectivity index (χ1v) is 13.4. The van der Waals surface area contributed by atoms with Gasteiger partial charge in [0.25, 0.3) is 5.91 Å². The van der Waals surface area contributed by atoms with Gasteiger partial charge in [-0.05, 0) is 77.4 Å². The minimum absolute atomic E-state index is 0.0109. The summed E-state index contributed by atoms with van der Waals surface area (Å²) in [5.74, 6) is -1.88. The van der Waals surface area contributed by atoms with Crippen LogP contribution in [0.4, 0.5) is 42.5 Å². The van der Waals surface area contributed by atoms with Crippen molar-refractivity contribution in [1.82, 2.24) is 5.32 Å². The number of benzene rings is 4. The third kappa shape index (κ3) is 8.77. The van der Waals surface area contributed by atoms with Crippen molar-refractivity contribution in [1.29, 1.82) is 0 Å². The van der Waals surface area contributed by atoms with Gasteiger partial charge in [-0.2, -0.15) is 26.3 Å². The number of alkyl halides is 6. The van der Waals surface area contributed by atoms with Crippen LogP contribution in [0.25, 0.3) is 11.1 Å². The number of hydrogen-bond acceptors (Lipinski definition) is 5. The highest BCUT2D eigenvalue weighted by molar-refractivity contribution is 5.97. The number of ether oxygens (including phenoxy) is 1. The molecule has 0 spiro atoms. The van der Waals surface area contributed by atoms with Crippen molar-refractivity contribution >= 4 is 29.3 Å². The second-order valence-electron chi connectivity index (χ2n) is 9.96. The summed E-state index contributed by atoms with van der Waals surface area (Å²) in [6.07, 6.45) is -11.8. The third-order valence-corrected chi connectivity index (χ3v) is 6.56. The molecule has 14 heteroatoms. The Morgan fingerprint density at radius 2 is 1.35 bits per heavy atom. The Morgan fingerprint density at radius 3 is 1.89 bits per heavy atom. The van der Waals surface area contributed by atoms with Crippen LogP contribution in [0.15, 0.2) is 91.0 Å². The molecule has 46 heavy (non-hydrogen) atoms. The second-order valence-corrected chi connectivity index (χ2v) is 9.96. The van der Waals surface area contributed by atoms with Crippen molar-refractivity contribution in [2.45, 2.75) is 25.3 Å². The van der Waals surface area contributed by atoms with Crippen molar-refractivity contribution in [2.75, 3.05) is 17.2 Å². The van der Waals surface area contributed by atoms with Gasteiger partial charge in [0.05, 0.1) is 24.1 Å². The fourth-order valence-electron chi connectivity index (χ4n) is 4.30. The molecule has 0 saturated heterocycles. The van der Waals surface area contributed by atoms with Crippen LogP contribution >= 0.6 is 0 Å². The molecule has 0 heterocycles. The highest BCUT2D eigenvalue weighted by Gasteiger charge is 2.37. The van der Waals surface area contributed by atoms with Gasteiger partial charge in [0, 0.05) is 23.5 Å². The first kappa shape index (κ1) is 33.4. The van der Waals surface area contributed by atoms with Gasteiger partial charge >= 0.3 is 24.4 Å². The zero-order valence-corrected chi connectivity index (χ0v) is 23.7. The molecule has 0 aliphatic heterocycles. The number of carbonyl (C=O) groups is 3. The summed E-state index contributed by atoms with van der Waals surface area (Å²) in [5.41, 5.74) is 3.99. The number of nitrogens with one attached hydrogen (secondary N) is 1. The van der Waals surface area contributed by atoms with Crippen molar-refractivity contribution in [2.24, 2.45) is 0 Å². The summed E-state index contributed by atoms with van der Waals surface area (Å²) in [6, 6.07) is 19.1. The van der Waals surface area contributed by atoms with Crippen molar-refractivity contribution in [3.63, 3.8) is 0 Å². The summed E-state index contributed by atoms with van der Waals surface area (Å²) in [4.78, 5) is 37.6. The average Bonchev–Trinajstić information content (AvgIpc) is 2.99. The Hall–Kier alpha value is -5.53. The molecule has 4 aromatic carbocycles. The van der Waals surface area contributed by atoms with E-state index in [2.05, 4.69) is 5.32 Å². The largest absolute Gasteiger partial charge is 0.481 e. The molecule has 0 atom stereocenters. The first-order chi connectivity index (χ1) is 21.6. The number of carbonyl (C=O) groups excluding carboxylic acids is 2. The minimum Gasteiger partial charge on any atom is -0.481 e. The van der Waals surface area contributed by atoms with Crippen LogP contribution in [0, 0.1) is 0 Å². The Balaban J connectivity index is 1.69. The Labute approximate surface area is 258 Å². The fraction of sp³-hybridized carbons (Fsp3) is 0.156. The predicted molar refractivity (Wildman–Crippen MR) is 156 cm³/mol. The van der Waals surface area contributed by atoms with Gasteiger partial charge in [0.2, 0.25) is 0 Å². The molecule has 0 aliphatic rings. The molecule has 4 N–H and O–H groups in total. The lowest BCUT2D eigenvalue weighted by Gasteiger charge is -2.24. The minimum atomic E-state index is -5.12. The Bertz CT molecular complexity index is 1690. The molecule has 8 nitrogen and oxygen atoms in total. The lowest BCUT2D eigenvalue weighted by atomic mass is 10.0. The molecule has 0 aromatic heterocycles. The summed E-state index contributed by atoms with van der Waals surface area (Å²) in [5, 5.41) is 11.2. The lowest BCUT2D eigenvalue weighted by molar-refractivity contribution is -0.143. The number of rotatable bonds is 9. The van der Waals surface area contributed by atoms with E-state index in [0.717, 1.165) is 16.0 Å². The molecule has 240 valence electrons. The van der Waals surface area contributed by atoms with E-state index in [1.807, 2.05) is 0 Å². The van der Waals surface area contributed by atoms with E-state index in [1.165, 1.54) is 36.4 Å². The van der Waals surface area contributed by atoms with E-state index < -0.39 is 53.6 Å². The zero-order valence-electron chi connectivity index (χ0n) is 23.7. The van der Waals surface area contributed by atoms with Crippen molar-refractivity contribution in [3.8, 4) is 16.9 Å². The summed E-state index contributed by atoms with van der Waals surface area (Å²) in [7, 11) is 0. The topological polar surface area (TPSA) is 122 Å². The van der Waals surface area contributed by atoms with E-state index in [1.54, 1.807) is 36.4 Å². The SMILES string of the molecule is Nc1ccc(-c2ccc(OC(=O)N(Cc3cc(C(F)(F)F)cc(C(F)(F)F)c3)c3cccc(C(=O)NCCC(=O)O)c3)cc2)cc1. The van der Waals surface area contributed by atoms with Crippen LogP contribution in [-0.2, 0) is 23.7 Å². The average molecular weight is 646 g/mol. The predicted octanol–water partition coefficient (Wildman–Crippen LogP) is 7.38. The van der Waals surface area contributed by atoms with Crippen molar-refractivity contribution < 1.29 is 50.6 Å². The molecule has 0 unspecified atom stereocenters. The van der Waals surface area contributed by atoms with Gasteiger partial charge in [0.1, 0.15) is 5.75 Å². The zero-order chi connectivity index (χ0) is 33.6. The van der Waals surface area contributed by atoms with Gasteiger partial charge in [-0.1, -0.05) is 30.3 Å². The van der Waals surface area contributed by atoms with Gasteiger partial charge in [-0.15, -0.1) is 0 Å². The summed E-state index contributed by atoms with van der Waals surface area (Å²) < 4.78 is 86.8. The van der Waals surface area contributed by atoms with Crippen LogP contribution in [0.2, 0.25) is 0 Å². The van der Waals surface area contributed by atoms with Crippen molar-refractivity contribution in [3.05, 3.63) is 113 Å². The fourth-order valence-corrected chi connectivity index (χ4v) is 4.30. The van der Waals surface area contributed by atoms with Gasteiger partial charge in [-0.25, -0.2) is 4.79 Å². The van der Waals surface area contributed by atoms with E-state index in [9.17, 15) is 40.7 Å². The number of anilines is 2. The smallest absolute Gasteiger partial charge is 0.420 e. The maximum absolute atomic E-state index is 13.6. The highest BCUT2D eigenvalue weighted by atomic mass is 19.4. The summed E-state index contributed by atoms with van der Waals surface area (Å²) >= 11 is 0. The van der Waals surface area contributed by atoms with E-state index in [0.29, 0.717) is 17.8 Å². The normalized spacial score (nSPS) is 11.5. The number of amides is 2. The quantitative estimate of drug-likeness (QED) is 0.129. The number of nitrogens with two attached hydrogens (primary N) is 1. The third-order valence-electron chi connectivity index (χ3n) is 6.56. The standard InChI is InChI=1S/C32H25F6N3O5/c33-31(34,35)23-14-19(15-24(17-23)32(36,37)38)18-41(26-3-1-2-22(16-26)29(44)40-13-12-28(42)43)30(45)46-27-10-6-21(7-11-27)20-4-8-25(39)9-5-20/h1-11,14-17H,12-13,18,39H2,(H,40,44)(H,42,43). The second kappa shape index (κ2) is 13.6. The molecule has 4 rings (SSSR count). The molecule has 0 radical (unpaired) electrons. The molecule has 0 saturated carbocycles. The lowest BCUT2D eigenvalue weighted by Crippen LogP contribution is -2.34. The number of nitrogens with zero attached hydrogens (tertiary/aromatic N) is 1. The Kier molecular flexibility index (Phi) is 9.88. The van der Waals surface area contributed by atoms with Crippen LogP contribution in [-0.4, -0.2) is 29.6 Å². The number of aliphatic carboxylic acids is 1.